The number of carbonyl (C=O) groups excluding carboxylic acids is 1. The normalized spacial score (nSPS) is 28.2. The minimum absolute atomic E-state index is 0.0579. The first-order valence-electron chi connectivity index (χ1n) is 7.77. The van der Waals surface area contributed by atoms with Gasteiger partial charge in [-0.2, -0.15) is 0 Å². The van der Waals surface area contributed by atoms with Crippen molar-refractivity contribution >= 4 is 11.9 Å². The zero-order chi connectivity index (χ0) is 14.5. The second kappa shape index (κ2) is 6.91. The third-order valence-electron chi connectivity index (χ3n) is 4.65. The number of carboxylic acid groups (broad SMARTS) is 1. The lowest BCUT2D eigenvalue weighted by atomic mass is 9.85. The fourth-order valence-electron chi connectivity index (χ4n) is 3.37. The number of carbonyl (C=O) groups is 2. The predicted octanol–water partition coefficient (Wildman–Crippen LogP) is 2.74. The van der Waals surface area contributed by atoms with Crippen molar-refractivity contribution in [1.29, 1.82) is 0 Å². The van der Waals surface area contributed by atoms with Crippen LogP contribution in [0.4, 0.5) is 0 Å². The second-order valence-corrected chi connectivity index (χ2v) is 6.11. The van der Waals surface area contributed by atoms with E-state index in [1.165, 1.54) is 32.1 Å². The number of amides is 1. The Morgan fingerprint density at radius 3 is 2.60 bits per heavy atom. The minimum Gasteiger partial charge on any atom is -0.480 e. The maximum absolute atomic E-state index is 12.1. The molecule has 0 aromatic carbocycles. The molecule has 2 N–H and O–H groups in total. The van der Waals surface area contributed by atoms with Crippen molar-refractivity contribution in [2.45, 2.75) is 57.9 Å². The van der Waals surface area contributed by atoms with Gasteiger partial charge in [0, 0.05) is 5.92 Å². The van der Waals surface area contributed by atoms with Gasteiger partial charge in [0.05, 0.1) is 0 Å². The van der Waals surface area contributed by atoms with Crippen LogP contribution in [0.5, 0.6) is 0 Å². The predicted molar refractivity (Wildman–Crippen MR) is 77.2 cm³/mol. The summed E-state index contributed by atoms with van der Waals surface area (Å²) in [4.78, 5) is 23.3. The van der Waals surface area contributed by atoms with Gasteiger partial charge in [0.25, 0.3) is 0 Å². The molecule has 2 aliphatic carbocycles. The molecule has 3 unspecified atom stereocenters. The number of rotatable bonds is 6. The first kappa shape index (κ1) is 15.1. The zero-order valence-electron chi connectivity index (χ0n) is 12.2. The van der Waals surface area contributed by atoms with E-state index in [1.807, 2.05) is 13.0 Å². The van der Waals surface area contributed by atoms with Crippen molar-refractivity contribution in [2.24, 2.45) is 17.8 Å². The van der Waals surface area contributed by atoms with Crippen LogP contribution in [-0.2, 0) is 9.59 Å². The van der Waals surface area contributed by atoms with E-state index >= 15 is 0 Å². The van der Waals surface area contributed by atoms with Crippen LogP contribution in [0.25, 0.3) is 0 Å². The molecule has 0 aromatic rings. The van der Waals surface area contributed by atoms with Crippen LogP contribution < -0.4 is 5.32 Å². The summed E-state index contributed by atoms with van der Waals surface area (Å²) in [5, 5.41) is 11.8. The van der Waals surface area contributed by atoms with Crippen LogP contribution in [0.1, 0.15) is 51.9 Å². The van der Waals surface area contributed by atoms with Crippen LogP contribution >= 0.6 is 0 Å². The quantitative estimate of drug-likeness (QED) is 0.735. The third-order valence-corrected chi connectivity index (χ3v) is 4.65. The van der Waals surface area contributed by atoms with E-state index in [-0.39, 0.29) is 11.8 Å². The lowest BCUT2D eigenvalue weighted by molar-refractivity contribution is -0.142. The maximum Gasteiger partial charge on any atom is 0.326 e. The number of carboxylic acids is 1. The summed E-state index contributed by atoms with van der Waals surface area (Å²) in [7, 11) is 0. The van der Waals surface area contributed by atoms with Gasteiger partial charge in [-0.25, -0.2) is 4.79 Å². The van der Waals surface area contributed by atoms with E-state index in [0.717, 1.165) is 6.42 Å². The van der Waals surface area contributed by atoms with E-state index in [9.17, 15) is 9.59 Å². The Kier molecular flexibility index (Phi) is 5.21. The van der Waals surface area contributed by atoms with Crippen LogP contribution in [0.15, 0.2) is 12.2 Å². The summed E-state index contributed by atoms with van der Waals surface area (Å²) in [5.41, 5.74) is 0. The Bertz CT molecular complexity index is 385. The van der Waals surface area contributed by atoms with Crippen LogP contribution in [0.3, 0.4) is 0 Å². The molecule has 2 saturated carbocycles. The number of hydrogen-bond acceptors (Lipinski definition) is 2. The molecule has 0 heterocycles. The van der Waals surface area contributed by atoms with Crippen molar-refractivity contribution in [2.75, 3.05) is 0 Å². The topological polar surface area (TPSA) is 66.4 Å². The van der Waals surface area contributed by atoms with Gasteiger partial charge in [0.2, 0.25) is 5.91 Å². The molecule has 0 aromatic heterocycles. The van der Waals surface area contributed by atoms with Crippen molar-refractivity contribution in [3.63, 3.8) is 0 Å². The Morgan fingerprint density at radius 2 is 2.00 bits per heavy atom. The van der Waals surface area contributed by atoms with Gasteiger partial charge in [0.15, 0.2) is 0 Å². The van der Waals surface area contributed by atoms with Crippen LogP contribution in [0.2, 0.25) is 0 Å². The molecule has 20 heavy (non-hydrogen) atoms. The molecule has 2 aliphatic rings. The number of hydrogen-bond donors (Lipinski definition) is 2. The van der Waals surface area contributed by atoms with Crippen molar-refractivity contribution in [3.8, 4) is 0 Å². The first-order chi connectivity index (χ1) is 9.63. The Hall–Kier alpha value is -1.32. The van der Waals surface area contributed by atoms with Gasteiger partial charge in [0.1, 0.15) is 6.04 Å². The van der Waals surface area contributed by atoms with E-state index in [4.69, 9.17) is 5.11 Å². The highest BCUT2D eigenvalue weighted by Crippen LogP contribution is 2.49. The molecule has 0 radical (unpaired) electrons. The average Bonchev–Trinajstić information content (AvgIpc) is 3.24. The number of aliphatic carboxylic acids is 1. The molecule has 0 saturated heterocycles. The van der Waals surface area contributed by atoms with Gasteiger partial charge in [-0.05, 0) is 31.6 Å². The Labute approximate surface area is 120 Å². The van der Waals surface area contributed by atoms with E-state index in [1.54, 1.807) is 6.08 Å². The molecule has 2 rings (SSSR count). The molecule has 112 valence electrons. The van der Waals surface area contributed by atoms with E-state index < -0.39 is 12.0 Å². The molecular formula is C16H25NO3. The Balaban J connectivity index is 1.81. The van der Waals surface area contributed by atoms with Gasteiger partial charge in [-0.3, -0.25) is 4.79 Å². The summed E-state index contributed by atoms with van der Waals surface area (Å²) in [6, 6.07) is -0.786. The van der Waals surface area contributed by atoms with Gasteiger partial charge in [-0.1, -0.05) is 44.3 Å². The number of allylic oxidation sites excluding steroid dienone is 1. The molecule has 2 fully saturated rings. The highest BCUT2D eigenvalue weighted by Gasteiger charge is 2.47. The number of nitrogens with one attached hydrogen (secondary N) is 1. The van der Waals surface area contributed by atoms with Gasteiger partial charge in [-0.15, -0.1) is 0 Å². The van der Waals surface area contributed by atoms with Gasteiger partial charge >= 0.3 is 5.97 Å². The SMILES string of the molecule is C/C=C/CC(NC(=O)C1CC1C1CCCCC1)C(=O)O. The zero-order valence-corrected chi connectivity index (χ0v) is 12.2. The van der Waals surface area contributed by atoms with Crippen LogP contribution in [-0.4, -0.2) is 23.0 Å². The monoisotopic (exact) mass is 279 g/mol. The summed E-state index contributed by atoms with van der Waals surface area (Å²) in [6.07, 6.45) is 11.3. The second-order valence-electron chi connectivity index (χ2n) is 6.11. The van der Waals surface area contributed by atoms with Crippen molar-refractivity contribution < 1.29 is 14.7 Å². The largest absolute Gasteiger partial charge is 0.480 e. The summed E-state index contributed by atoms with van der Waals surface area (Å²) < 4.78 is 0. The van der Waals surface area contributed by atoms with E-state index in [0.29, 0.717) is 18.3 Å². The summed E-state index contributed by atoms with van der Waals surface area (Å²) in [6.45, 7) is 1.85. The molecule has 0 spiro atoms. The summed E-state index contributed by atoms with van der Waals surface area (Å²) in [5.74, 6) is 0.249. The molecule has 4 nitrogen and oxygen atoms in total. The molecular weight excluding hydrogens is 254 g/mol. The lowest BCUT2D eigenvalue weighted by Gasteiger charge is -2.21. The molecule has 0 aliphatic heterocycles. The molecule has 4 heteroatoms. The highest BCUT2D eigenvalue weighted by atomic mass is 16.4. The fourth-order valence-corrected chi connectivity index (χ4v) is 3.37. The Morgan fingerprint density at radius 1 is 1.30 bits per heavy atom. The summed E-state index contributed by atoms with van der Waals surface area (Å²) >= 11 is 0. The lowest BCUT2D eigenvalue weighted by Crippen LogP contribution is -2.41. The molecule has 1 amide bonds. The standard InChI is InChI=1S/C16H25NO3/c1-2-3-9-14(16(19)20)17-15(18)13-10-12(13)11-7-5-4-6-8-11/h2-3,11-14H,4-10H2,1H3,(H,17,18)(H,19,20)/b3-2+. The van der Waals surface area contributed by atoms with Crippen molar-refractivity contribution in [1.82, 2.24) is 5.32 Å². The van der Waals surface area contributed by atoms with Crippen LogP contribution in [0, 0.1) is 17.8 Å². The first-order valence-corrected chi connectivity index (χ1v) is 7.77. The smallest absolute Gasteiger partial charge is 0.326 e. The minimum atomic E-state index is -0.952. The molecule has 0 bridgehead atoms. The van der Waals surface area contributed by atoms with Crippen molar-refractivity contribution in [3.05, 3.63) is 12.2 Å². The molecule has 3 atom stereocenters. The third kappa shape index (κ3) is 3.84. The highest BCUT2D eigenvalue weighted by molar-refractivity contribution is 5.86. The average molecular weight is 279 g/mol. The van der Waals surface area contributed by atoms with Gasteiger partial charge < -0.3 is 10.4 Å². The fraction of sp³-hybridized carbons (Fsp3) is 0.750. The maximum atomic E-state index is 12.1. The van der Waals surface area contributed by atoms with E-state index in [2.05, 4.69) is 5.32 Å².